The molecule has 2 nitrogen and oxygen atoms in total. The molecule has 19 heavy (non-hydrogen) atoms. The van der Waals surface area contributed by atoms with E-state index in [1.54, 1.807) is 0 Å². The maximum Gasteiger partial charge on any atom is 0.103 e. The van der Waals surface area contributed by atoms with Gasteiger partial charge in [0, 0.05) is 22.4 Å². The van der Waals surface area contributed by atoms with E-state index in [9.17, 15) is 0 Å². The quantitative estimate of drug-likeness (QED) is 0.814. The standard InChI is InChI=1S/C15H18N2S2/c1-11-14(9-16-12-7-8-12)19-15(17-11)10-18-13-5-3-2-4-6-13/h2-6,12,16H,7-10H2,1H3. The smallest absolute Gasteiger partial charge is 0.103 e. The number of nitrogens with one attached hydrogen (secondary N) is 1. The van der Waals surface area contributed by atoms with Gasteiger partial charge >= 0.3 is 0 Å². The number of aromatic nitrogens is 1. The first-order valence-corrected chi connectivity index (χ1v) is 8.48. The van der Waals surface area contributed by atoms with Crippen LogP contribution in [-0.4, -0.2) is 11.0 Å². The first kappa shape index (κ1) is 13.2. The summed E-state index contributed by atoms with van der Waals surface area (Å²) in [5, 5.41) is 4.80. The Bertz CT molecular complexity index is 532. The number of nitrogens with zero attached hydrogens (tertiary/aromatic N) is 1. The monoisotopic (exact) mass is 290 g/mol. The number of hydrogen-bond acceptors (Lipinski definition) is 4. The van der Waals surface area contributed by atoms with E-state index in [2.05, 4.69) is 47.6 Å². The van der Waals surface area contributed by atoms with E-state index < -0.39 is 0 Å². The summed E-state index contributed by atoms with van der Waals surface area (Å²) < 4.78 is 0. The summed E-state index contributed by atoms with van der Waals surface area (Å²) in [6.45, 7) is 3.11. The van der Waals surface area contributed by atoms with Crippen LogP contribution >= 0.6 is 23.1 Å². The molecular formula is C15H18N2S2. The summed E-state index contributed by atoms with van der Waals surface area (Å²) in [5.41, 5.74) is 1.20. The SMILES string of the molecule is Cc1nc(CSc2ccccc2)sc1CNC1CC1. The minimum atomic E-state index is 0.767. The molecule has 2 aromatic rings. The lowest BCUT2D eigenvalue weighted by atomic mass is 10.4. The van der Waals surface area contributed by atoms with Gasteiger partial charge in [-0.3, -0.25) is 0 Å². The van der Waals surface area contributed by atoms with Crippen molar-refractivity contribution in [3.05, 3.63) is 45.9 Å². The Hall–Kier alpha value is -0.840. The molecule has 0 spiro atoms. The van der Waals surface area contributed by atoms with Gasteiger partial charge < -0.3 is 5.32 Å². The van der Waals surface area contributed by atoms with Crippen molar-refractivity contribution in [2.24, 2.45) is 0 Å². The van der Waals surface area contributed by atoms with Gasteiger partial charge in [0.1, 0.15) is 5.01 Å². The van der Waals surface area contributed by atoms with Crippen LogP contribution in [0.5, 0.6) is 0 Å². The fraction of sp³-hybridized carbons (Fsp3) is 0.400. The summed E-state index contributed by atoms with van der Waals surface area (Å²) in [7, 11) is 0. The Morgan fingerprint density at radius 3 is 2.84 bits per heavy atom. The van der Waals surface area contributed by atoms with Gasteiger partial charge in [-0.25, -0.2) is 4.98 Å². The molecule has 4 heteroatoms. The Kier molecular flexibility index (Phi) is 4.21. The minimum Gasteiger partial charge on any atom is -0.309 e. The average molecular weight is 290 g/mol. The van der Waals surface area contributed by atoms with Crippen LogP contribution in [0.1, 0.15) is 28.4 Å². The zero-order valence-electron chi connectivity index (χ0n) is 11.1. The molecule has 1 aliphatic carbocycles. The first-order valence-electron chi connectivity index (χ1n) is 6.67. The van der Waals surface area contributed by atoms with Crippen LogP contribution < -0.4 is 5.32 Å². The fourth-order valence-corrected chi connectivity index (χ4v) is 3.83. The van der Waals surface area contributed by atoms with E-state index in [1.807, 2.05) is 23.1 Å². The molecule has 1 aliphatic rings. The van der Waals surface area contributed by atoms with E-state index in [4.69, 9.17) is 0 Å². The molecule has 100 valence electrons. The fourth-order valence-electron chi connectivity index (χ4n) is 1.90. The number of thioether (sulfide) groups is 1. The second-order valence-electron chi connectivity index (χ2n) is 4.87. The van der Waals surface area contributed by atoms with Crippen molar-refractivity contribution < 1.29 is 0 Å². The van der Waals surface area contributed by atoms with Crippen molar-refractivity contribution in [3.8, 4) is 0 Å². The molecule has 0 atom stereocenters. The highest BCUT2D eigenvalue weighted by Crippen LogP contribution is 2.27. The topological polar surface area (TPSA) is 24.9 Å². The summed E-state index contributed by atoms with van der Waals surface area (Å²) in [4.78, 5) is 7.39. The molecule has 0 bridgehead atoms. The molecule has 0 amide bonds. The van der Waals surface area contributed by atoms with E-state index in [0.29, 0.717) is 0 Å². The van der Waals surface area contributed by atoms with Crippen LogP contribution in [0.2, 0.25) is 0 Å². The molecule has 0 saturated heterocycles. The summed E-state index contributed by atoms with van der Waals surface area (Å²) in [6, 6.07) is 11.3. The van der Waals surface area contributed by atoms with Gasteiger partial charge in [0.25, 0.3) is 0 Å². The van der Waals surface area contributed by atoms with Crippen molar-refractivity contribution >= 4 is 23.1 Å². The van der Waals surface area contributed by atoms with Gasteiger partial charge in [-0.05, 0) is 31.9 Å². The molecule has 0 radical (unpaired) electrons. The van der Waals surface area contributed by atoms with Crippen molar-refractivity contribution in [2.45, 2.75) is 43.0 Å². The molecule has 1 N–H and O–H groups in total. The largest absolute Gasteiger partial charge is 0.309 e. The normalized spacial score (nSPS) is 14.8. The van der Waals surface area contributed by atoms with Crippen LogP contribution in [0.15, 0.2) is 35.2 Å². The van der Waals surface area contributed by atoms with Crippen LogP contribution in [0.4, 0.5) is 0 Å². The Morgan fingerprint density at radius 2 is 2.11 bits per heavy atom. The second kappa shape index (κ2) is 6.07. The highest BCUT2D eigenvalue weighted by Gasteiger charge is 2.21. The molecule has 3 rings (SSSR count). The number of rotatable bonds is 6. The summed E-state index contributed by atoms with van der Waals surface area (Å²) in [5.74, 6) is 0.971. The molecule has 1 saturated carbocycles. The molecule has 1 aromatic carbocycles. The lowest BCUT2D eigenvalue weighted by Crippen LogP contribution is -2.14. The Balaban J connectivity index is 1.57. The van der Waals surface area contributed by atoms with Gasteiger partial charge in [-0.1, -0.05) is 18.2 Å². The van der Waals surface area contributed by atoms with Crippen molar-refractivity contribution in [3.63, 3.8) is 0 Å². The average Bonchev–Trinajstić information content (AvgIpc) is 3.19. The van der Waals surface area contributed by atoms with Crippen LogP contribution in [0, 0.1) is 6.92 Å². The van der Waals surface area contributed by atoms with E-state index in [0.717, 1.165) is 18.3 Å². The lowest BCUT2D eigenvalue weighted by Gasteiger charge is -1.99. The number of benzene rings is 1. The van der Waals surface area contributed by atoms with Crippen LogP contribution in [0.3, 0.4) is 0 Å². The van der Waals surface area contributed by atoms with E-state index in [1.165, 1.54) is 33.3 Å². The number of hydrogen-bond donors (Lipinski definition) is 1. The van der Waals surface area contributed by atoms with Gasteiger partial charge in [-0.15, -0.1) is 23.1 Å². The van der Waals surface area contributed by atoms with E-state index >= 15 is 0 Å². The van der Waals surface area contributed by atoms with Crippen molar-refractivity contribution in [1.82, 2.24) is 10.3 Å². The summed E-state index contributed by atoms with van der Waals surface area (Å²) in [6.07, 6.45) is 2.68. The highest BCUT2D eigenvalue weighted by atomic mass is 32.2. The van der Waals surface area contributed by atoms with Crippen LogP contribution in [-0.2, 0) is 12.3 Å². The molecule has 1 heterocycles. The lowest BCUT2D eigenvalue weighted by molar-refractivity contribution is 0.691. The molecular weight excluding hydrogens is 272 g/mol. The molecule has 1 fully saturated rings. The van der Waals surface area contributed by atoms with Crippen LogP contribution in [0.25, 0.3) is 0 Å². The Morgan fingerprint density at radius 1 is 1.32 bits per heavy atom. The summed E-state index contributed by atoms with van der Waals surface area (Å²) >= 11 is 3.71. The molecule has 0 aliphatic heterocycles. The van der Waals surface area contributed by atoms with Gasteiger partial charge in [0.05, 0.1) is 11.4 Å². The number of aryl methyl sites for hydroxylation is 1. The number of thiazole rings is 1. The third kappa shape index (κ3) is 3.81. The third-order valence-electron chi connectivity index (χ3n) is 3.17. The van der Waals surface area contributed by atoms with Gasteiger partial charge in [0.2, 0.25) is 0 Å². The minimum absolute atomic E-state index is 0.767. The third-order valence-corrected chi connectivity index (χ3v) is 5.53. The predicted octanol–water partition coefficient (Wildman–Crippen LogP) is 4.00. The van der Waals surface area contributed by atoms with Gasteiger partial charge in [0.15, 0.2) is 0 Å². The predicted molar refractivity (Wildman–Crippen MR) is 82.7 cm³/mol. The maximum atomic E-state index is 4.68. The zero-order valence-corrected chi connectivity index (χ0v) is 12.7. The van der Waals surface area contributed by atoms with Crippen molar-refractivity contribution in [2.75, 3.05) is 0 Å². The van der Waals surface area contributed by atoms with Gasteiger partial charge in [-0.2, -0.15) is 0 Å². The molecule has 0 unspecified atom stereocenters. The molecule has 1 aromatic heterocycles. The zero-order chi connectivity index (χ0) is 13.1. The first-order chi connectivity index (χ1) is 9.31. The van der Waals surface area contributed by atoms with Crippen molar-refractivity contribution in [1.29, 1.82) is 0 Å². The second-order valence-corrected chi connectivity index (χ2v) is 7.09. The highest BCUT2D eigenvalue weighted by molar-refractivity contribution is 7.98. The van der Waals surface area contributed by atoms with E-state index in [-0.39, 0.29) is 0 Å². The maximum absolute atomic E-state index is 4.68. The Labute approximate surface area is 122 Å².